The standard InChI is InChI=1S/C21H27FN4O.ClH/c1-13(24-21(27)11-15-9-17-5-6-18(10-15)25-17)20-12-23-26(14(20)2)19-7-3-16(22)4-8-19;/h3-4,7-8,12-13,15,17-18,25H,5-6,9-11H2,1-2H3,(H,24,27);1H. The van der Waals surface area contributed by atoms with E-state index in [4.69, 9.17) is 0 Å². The Kier molecular flexibility index (Phi) is 6.40. The maximum absolute atomic E-state index is 13.1. The third kappa shape index (κ3) is 4.39. The lowest BCUT2D eigenvalue weighted by Crippen LogP contribution is -2.40. The SMILES string of the molecule is Cc1c(C(C)NC(=O)CC2CC3CCC(C2)N3)cnn1-c1ccc(F)cc1.Cl. The van der Waals surface area contributed by atoms with E-state index >= 15 is 0 Å². The molecule has 0 spiro atoms. The average molecular weight is 407 g/mol. The molecule has 4 rings (SSSR count). The molecule has 1 amide bonds. The van der Waals surface area contributed by atoms with Crippen LogP contribution in [0.5, 0.6) is 0 Å². The number of fused-ring (bicyclic) bond motifs is 2. The predicted octanol–water partition coefficient (Wildman–Crippen LogP) is 3.84. The van der Waals surface area contributed by atoms with E-state index in [2.05, 4.69) is 15.7 Å². The smallest absolute Gasteiger partial charge is 0.220 e. The van der Waals surface area contributed by atoms with Gasteiger partial charge in [-0.1, -0.05) is 0 Å². The lowest BCUT2D eigenvalue weighted by Gasteiger charge is -2.29. The predicted molar refractivity (Wildman–Crippen MR) is 109 cm³/mol. The minimum Gasteiger partial charge on any atom is -0.349 e. The maximum atomic E-state index is 13.1. The van der Waals surface area contributed by atoms with Crippen molar-refractivity contribution in [2.75, 3.05) is 0 Å². The van der Waals surface area contributed by atoms with Gasteiger partial charge in [-0.05, 0) is 69.7 Å². The zero-order valence-electron chi connectivity index (χ0n) is 16.3. The van der Waals surface area contributed by atoms with Gasteiger partial charge in [-0.3, -0.25) is 4.79 Å². The number of carbonyl (C=O) groups is 1. The van der Waals surface area contributed by atoms with Crippen LogP contribution >= 0.6 is 12.4 Å². The van der Waals surface area contributed by atoms with E-state index in [9.17, 15) is 9.18 Å². The molecule has 2 aliphatic rings. The van der Waals surface area contributed by atoms with E-state index in [1.165, 1.54) is 25.0 Å². The van der Waals surface area contributed by atoms with Gasteiger partial charge in [0.25, 0.3) is 0 Å². The van der Waals surface area contributed by atoms with Crippen molar-refractivity contribution in [3.63, 3.8) is 0 Å². The number of amides is 1. The summed E-state index contributed by atoms with van der Waals surface area (Å²) in [6.45, 7) is 3.96. The zero-order chi connectivity index (χ0) is 19.0. The molecule has 1 aromatic heterocycles. The molecule has 2 aliphatic heterocycles. The topological polar surface area (TPSA) is 59.0 Å². The molecule has 2 N–H and O–H groups in total. The first-order chi connectivity index (χ1) is 13.0. The number of nitrogens with zero attached hydrogens (tertiary/aromatic N) is 2. The fraction of sp³-hybridized carbons (Fsp3) is 0.524. The second-order valence-electron chi connectivity index (χ2n) is 8.04. The fourth-order valence-corrected chi connectivity index (χ4v) is 4.67. The van der Waals surface area contributed by atoms with Gasteiger partial charge in [0, 0.05) is 29.8 Å². The molecule has 152 valence electrons. The van der Waals surface area contributed by atoms with Crippen molar-refractivity contribution in [1.29, 1.82) is 0 Å². The van der Waals surface area contributed by atoms with Gasteiger partial charge in [0.15, 0.2) is 0 Å². The molecule has 3 unspecified atom stereocenters. The number of piperidine rings is 1. The van der Waals surface area contributed by atoms with Crippen LogP contribution in [-0.2, 0) is 4.79 Å². The number of hydrogen-bond donors (Lipinski definition) is 2. The summed E-state index contributed by atoms with van der Waals surface area (Å²) in [5.41, 5.74) is 2.75. The Bertz CT molecular complexity index is 810. The summed E-state index contributed by atoms with van der Waals surface area (Å²) in [6.07, 6.45) is 7.11. The lowest BCUT2D eigenvalue weighted by molar-refractivity contribution is -0.122. The largest absolute Gasteiger partial charge is 0.349 e. The van der Waals surface area contributed by atoms with Gasteiger partial charge in [-0.15, -0.1) is 12.4 Å². The first-order valence-electron chi connectivity index (χ1n) is 9.85. The number of carbonyl (C=O) groups excluding carboxylic acids is 1. The van der Waals surface area contributed by atoms with Gasteiger partial charge in [0.05, 0.1) is 17.9 Å². The first-order valence-corrected chi connectivity index (χ1v) is 9.85. The van der Waals surface area contributed by atoms with Crippen LogP contribution in [0.2, 0.25) is 0 Å². The molecule has 1 aromatic carbocycles. The Morgan fingerprint density at radius 1 is 1.29 bits per heavy atom. The van der Waals surface area contributed by atoms with Crippen LogP contribution in [0, 0.1) is 18.7 Å². The Labute approximate surface area is 171 Å². The number of aromatic nitrogens is 2. The van der Waals surface area contributed by atoms with Crippen molar-refractivity contribution >= 4 is 18.3 Å². The molecule has 7 heteroatoms. The summed E-state index contributed by atoms with van der Waals surface area (Å²) in [5.74, 6) is 0.331. The molecular weight excluding hydrogens is 379 g/mol. The monoisotopic (exact) mass is 406 g/mol. The highest BCUT2D eigenvalue weighted by molar-refractivity contribution is 5.85. The molecule has 5 nitrogen and oxygen atoms in total. The number of nitrogens with one attached hydrogen (secondary N) is 2. The maximum Gasteiger partial charge on any atom is 0.220 e. The van der Waals surface area contributed by atoms with E-state index in [0.29, 0.717) is 24.4 Å². The molecule has 28 heavy (non-hydrogen) atoms. The molecule has 3 atom stereocenters. The number of hydrogen-bond acceptors (Lipinski definition) is 3. The quantitative estimate of drug-likeness (QED) is 0.793. The number of rotatable bonds is 5. The summed E-state index contributed by atoms with van der Waals surface area (Å²) in [6, 6.07) is 7.36. The Morgan fingerprint density at radius 2 is 1.93 bits per heavy atom. The highest BCUT2D eigenvalue weighted by Crippen LogP contribution is 2.32. The second-order valence-corrected chi connectivity index (χ2v) is 8.04. The second kappa shape index (κ2) is 8.62. The van der Waals surface area contributed by atoms with Gasteiger partial charge in [-0.25, -0.2) is 9.07 Å². The Hall–Kier alpha value is -1.92. The summed E-state index contributed by atoms with van der Waals surface area (Å²) in [7, 11) is 0. The molecule has 0 aliphatic carbocycles. The van der Waals surface area contributed by atoms with Crippen molar-refractivity contribution in [2.45, 2.75) is 64.1 Å². The van der Waals surface area contributed by atoms with Crippen molar-refractivity contribution in [2.24, 2.45) is 5.92 Å². The molecule has 0 radical (unpaired) electrons. The van der Waals surface area contributed by atoms with Gasteiger partial charge >= 0.3 is 0 Å². The zero-order valence-corrected chi connectivity index (χ0v) is 17.1. The van der Waals surface area contributed by atoms with Gasteiger partial charge in [0.2, 0.25) is 5.91 Å². The van der Waals surface area contributed by atoms with Crippen molar-refractivity contribution in [3.05, 3.63) is 47.5 Å². The van der Waals surface area contributed by atoms with Crippen molar-refractivity contribution < 1.29 is 9.18 Å². The van der Waals surface area contributed by atoms with Gasteiger partial charge in [-0.2, -0.15) is 5.10 Å². The van der Waals surface area contributed by atoms with E-state index in [-0.39, 0.29) is 30.2 Å². The lowest BCUT2D eigenvalue weighted by atomic mass is 9.89. The van der Waals surface area contributed by atoms with E-state index in [1.54, 1.807) is 23.0 Å². The Morgan fingerprint density at radius 3 is 2.57 bits per heavy atom. The summed E-state index contributed by atoms with van der Waals surface area (Å²) in [4.78, 5) is 12.6. The molecule has 2 bridgehead atoms. The van der Waals surface area contributed by atoms with Crippen molar-refractivity contribution in [1.82, 2.24) is 20.4 Å². The number of benzene rings is 1. The summed E-state index contributed by atoms with van der Waals surface area (Å²) >= 11 is 0. The van der Waals surface area contributed by atoms with E-state index in [0.717, 1.165) is 29.8 Å². The fourth-order valence-electron chi connectivity index (χ4n) is 4.67. The summed E-state index contributed by atoms with van der Waals surface area (Å²) in [5, 5.41) is 11.2. The summed E-state index contributed by atoms with van der Waals surface area (Å²) < 4.78 is 14.9. The van der Waals surface area contributed by atoms with Gasteiger partial charge < -0.3 is 10.6 Å². The highest BCUT2D eigenvalue weighted by Gasteiger charge is 2.34. The van der Waals surface area contributed by atoms with Crippen LogP contribution < -0.4 is 10.6 Å². The molecule has 3 heterocycles. The molecular formula is C21H28ClFN4O. The highest BCUT2D eigenvalue weighted by atomic mass is 35.5. The third-order valence-electron chi connectivity index (χ3n) is 6.01. The molecule has 2 fully saturated rings. The number of halogens is 2. The van der Waals surface area contributed by atoms with E-state index < -0.39 is 0 Å². The average Bonchev–Trinajstić information content (AvgIpc) is 3.17. The van der Waals surface area contributed by atoms with Crippen LogP contribution in [0.25, 0.3) is 5.69 Å². The molecule has 2 aromatic rings. The van der Waals surface area contributed by atoms with Crippen molar-refractivity contribution in [3.8, 4) is 5.69 Å². The van der Waals surface area contributed by atoms with Crippen LogP contribution in [0.1, 0.15) is 56.3 Å². The minimum absolute atomic E-state index is 0. The van der Waals surface area contributed by atoms with Crippen LogP contribution in [0.3, 0.4) is 0 Å². The molecule has 0 saturated carbocycles. The van der Waals surface area contributed by atoms with Crippen LogP contribution in [0.4, 0.5) is 4.39 Å². The normalized spacial score (nSPS) is 24.5. The van der Waals surface area contributed by atoms with E-state index in [1.807, 2.05) is 13.8 Å². The first kappa shape index (κ1) is 20.8. The molecule has 2 saturated heterocycles. The van der Waals surface area contributed by atoms with Crippen LogP contribution in [0.15, 0.2) is 30.5 Å². The van der Waals surface area contributed by atoms with Gasteiger partial charge in [0.1, 0.15) is 5.82 Å². The third-order valence-corrected chi connectivity index (χ3v) is 6.01. The Balaban J connectivity index is 0.00000225. The minimum atomic E-state index is -0.268. The van der Waals surface area contributed by atoms with Crippen LogP contribution in [-0.4, -0.2) is 27.8 Å².